The van der Waals surface area contributed by atoms with Crippen molar-refractivity contribution in [2.24, 2.45) is 0 Å². The zero-order chi connectivity index (χ0) is 12.8. The van der Waals surface area contributed by atoms with Gasteiger partial charge in [-0.25, -0.2) is 4.98 Å². The molecule has 0 amide bonds. The van der Waals surface area contributed by atoms with Crippen LogP contribution in [0.4, 0.5) is 0 Å². The number of hydrogen-bond acceptors (Lipinski definition) is 5. The molecule has 1 aliphatic heterocycles. The van der Waals surface area contributed by atoms with Gasteiger partial charge in [-0.2, -0.15) is 0 Å². The molecule has 0 radical (unpaired) electrons. The highest BCUT2D eigenvalue weighted by Gasteiger charge is 2.37. The fourth-order valence-electron chi connectivity index (χ4n) is 2.19. The van der Waals surface area contributed by atoms with Crippen LogP contribution in [0.5, 0.6) is 0 Å². The van der Waals surface area contributed by atoms with E-state index in [1.165, 1.54) is 4.88 Å². The Morgan fingerprint density at radius 3 is 2.94 bits per heavy atom. The molecule has 2 rings (SSSR count). The predicted molar refractivity (Wildman–Crippen MR) is 72.9 cm³/mol. The van der Waals surface area contributed by atoms with Crippen molar-refractivity contribution in [3.63, 3.8) is 0 Å². The summed E-state index contributed by atoms with van der Waals surface area (Å²) in [5, 5.41) is 4.50. The molecular weight excluding hydrogens is 248 g/mol. The Kier molecular flexibility index (Phi) is 5.12. The van der Waals surface area contributed by atoms with E-state index >= 15 is 0 Å². The summed E-state index contributed by atoms with van der Waals surface area (Å²) >= 11 is 1.76. The molecule has 5 heteroatoms. The van der Waals surface area contributed by atoms with Crippen LogP contribution < -0.4 is 5.32 Å². The van der Waals surface area contributed by atoms with Crippen molar-refractivity contribution in [1.29, 1.82) is 0 Å². The summed E-state index contributed by atoms with van der Waals surface area (Å²) in [6.45, 7) is 5.65. The van der Waals surface area contributed by atoms with Crippen LogP contribution in [0.1, 0.15) is 36.1 Å². The van der Waals surface area contributed by atoms with Crippen molar-refractivity contribution in [3.05, 3.63) is 16.1 Å². The minimum atomic E-state index is -0.216. The SMILES string of the molecule is CCCNCc1cnc(C2(OC)CCOCC2)s1. The first-order valence-corrected chi connectivity index (χ1v) is 7.41. The van der Waals surface area contributed by atoms with Gasteiger partial charge in [0.05, 0.1) is 0 Å². The Labute approximate surface area is 113 Å². The van der Waals surface area contributed by atoms with Gasteiger partial charge in [-0.1, -0.05) is 6.92 Å². The van der Waals surface area contributed by atoms with E-state index in [1.807, 2.05) is 6.20 Å². The van der Waals surface area contributed by atoms with E-state index in [-0.39, 0.29) is 5.60 Å². The van der Waals surface area contributed by atoms with E-state index in [9.17, 15) is 0 Å². The van der Waals surface area contributed by atoms with Gasteiger partial charge in [-0.3, -0.25) is 0 Å². The predicted octanol–water partition coefficient (Wildman–Crippen LogP) is 2.29. The third kappa shape index (κ3) is 3.09. The van der Waals surface area contributed by atoms with E-state index in [2.05, 4.69) is 17.2 Å². The fraction of sp³-hybridized carbons (Fsp3) is 0.769. The first-order valence-electron chi connectivity index (χ1n) is 6.59. The highest BCUT2D eigenvalue weighted by molar-refractivity contribution is 7.11. The van der Waals surface area contributed by atoms with Gasteiger partial charge in [-0.15, -0.1) is 11.3 Å². The zero-order valence-electron chi connectivity index (χ0n) is 11.2. The van der Waals surface area contributed by atoms with Crippen molar-refractivity contribution in [1.82, 2.24) is 10.3 Å². The van der Waals surface area contributed by atoms with E-state index in [0.29, 0.717) is 0 Å². The summed E-state index contributed by atoms with van der Waals surface area (Å²) < 4.78 is 11.2. The third-order valence-electron chi connectivity index (χ3n) is 3.36. The van der Waals surface area contributed by atoms with Crippen LogP contribution in [0.2, 0.25) is 0 Å². The van der Waals surface area contributed by atoms with Crippen LogP contribution in [0.25, 0.3) is 0 Å². The Balaban J connectivity index is 2.02. The van der Waals surface area contributed by atoms with Gasteiger partial charge >= 0.3 is 0 Å². The number of ether oxygens (including phenoxy) is 2. The number of hydrogen-bond donors (Lipinski definition) is 1. The standard InChI is InChI=1S/C13H22N2O2S/c1-3-6-14-9-11-10-15-12(18-11)13(16-2)4-7-17-8-5-13/h10,14H,3-9H2,1-2H3. The minimum absolute atomic E-state index is 0.216. The molecule has 0 unspecified atom stereocenters. The second-order valence-electron chi connectivity index (χ2n) is 4.62. The van der Waals surface area contributed by atoms with Crippen LogP contribution in [0.15, 0.2) is 6.20 Å². The summed E-state index contributed by atoms with van der Waals surface area (Å²) in [7, 11) is 1.78. The van der Waals surface area contributed by atoms with Crippen LogP contribution in [0.3, 0.4) is 0 Å². The number of aromatic nitrogens is 1. The Morgan fingerprint density at radius 1 is 1.50 bits per heavy atom. The molecule has 1 N–H and O–H groups in total. The maximum atomic E-state index is 5.75. The van der Waals surface area contributed by atoms with Crippen LogP contribution in [-0.4, -0.2) is 31.9 Å². The first kappa shape index (κ1) is 13.9. The third-order valence-corrected chi connectivity index (χ3v) is 4.54. The molecule has 0 spiro atoms. The van der Waals surface area contributed by atoms with E-state index in [4.69, 9.17) is 9.47 Å². The van der Waals surface area contributed by atoms with E-state index in [1.54, 1.807) is 18.4 Å². The summed E-state index contributed by atoms with van der Waals surface area (Å²) in [6.07, 6.45) is 4.93. The van der Waals surface area contributed by atoms with Gasteiger partial charge < -0.3 is 14.8 Å². The molecule has 0 bridgehead atoms. The number of nitrogens with zero attached hydrogens (tertiary/aromatic N) is 1. The molecule has 0 aliphatic carbocycles. The molecule has 0 atom stereocenters. The molecule has 0 aromatic carbocycles. The van der Waals surface area contributed by atoms with Gasteiger partial charge in [-0.05, 0) is 13.0 Å². The Hall–Kier alpha value is -0.490. The monoisotopic (exact) mass is 270 g/mol. The zero-order valence-corrected chi connectivity index (χ0v) is 12.0. The maximum Gasteiger partial charge on any atom is 0.125 e. The molecule has 102 valence electrons. The van der Waals surface area contributed by atoms with E-state index in [0.717, 1.165) is 50.6 Å². The maximum absolute atomic E-state index is 5.75. The normalized spacial score (nSPS) is 19.0. The molecule has 4 nitrogen and oxygen atoms in total. The van der Waals surface area contributed by atoms with Gasteiger partial charge in [0, 0.05) is 50.8 Å². The van der Waals surface area contributed by atoms with Gasteiger partial charge in [0.2, 0.25) is 0 Å². The van der Waals surface area contributed by atoms with Crippen molar-refractivity contribution in [2.45, 2.75) is 38.3 Å². The first-order chi connectivity index (χ1) is 8.80. The summed E-state index contributed by atoms with van der Waals surface area (Å²) in [5.74, 6) is 0. The molecule has 1 aromatic heterocycles. The van der Waals surface area contributed by atoms with Crippen molar-refractivity contribution < 1.29 is 9.47 Å². The van der Waals surface area contributed by atoms with Crippen LogP contribution in [0, 0.1) is 0 Å². The molecule has 1 fully saturated rings. The van der Waals surface area contributed by atoms with Gasteiger partial charge in [0.15, 0.2) is 0 Å². The molecular formula is C13H22N2O2S. The Morgan fingerprint density at radius 2 is 2.28 bits per heavy atom. The highest BCUT2D eigenvalue weighted by Crippen LogP contribution is 2.37. The molecule has 0 saturated carbocycles. The number of rotatable bonds is 6. The molecule has 1 aromatic rings. The van der Waals surface area contributed by atoms with Crippen LogP contribution in [-0.2, 0) is 21.6 Å². The quantitative estimate of drug-likeness (QED) is 0.806. The van der Waals surface area contributed by atoms with Crippen molar-refractivity contribution in [3.8, 4) is 0 Å². The molecule has 1 saturated heterocycles. The van der Waals surface area contributed by atoms with Crippen molar-refractivity contribution in [2.75, 3.05) is 26.9 Å². The lowest BCUT2D eigenvalue weighted by Gasteiger charge is -2.33. The molecule has 1 aliphatic rings. The van der Waals surface area contributed by atoms with E-state index < -0.39 is 0 Å². The fourth-order valence-corrected chi connectivity index (χ4v) is 3.30. The molecule has 2 heterocycles. The Bertz CT molecular complexity index is 362. The average molecular weight is 270 g/mol. The number of nitrogens with one attached hydrogen (secondary N) is 1. The van der Waals surface area contributed by atoms with Gasteiger partial charge in [0.25, 0.3) is 0 Å². The second-order valence-corrected chi connectivity index (χ2v) is 5.73. The summed E-state index contributed by atoms with van der Waals surface area (Å²) in [4.78, 5) is 5.84. The number of thiazole rings is 1. The lowest BCUT2D eigenvalue weighted by atomic mass is 9.95. The second kappa shape index (κ2) is 6.61. The summed E-state index contributed by atoms with van der Waals surface area (Å²) in [6, 6.07) is 0. The lowest BCUT2D eigenvalue weighted by Crippen LogP contribution is -2.35. The highest BCUT2D eigenvalue weighted by atomic mass is 32.1. The van der Waals surface area contributed by atoms with Crippen molar-refractivity contribution >= 4 is 11.3 Å². The molecule has 18 heavy (non-hydrogen) atoms. The topological polar surface area (TPSA) is 43.4 Å². The average Bonchev–Trinajstić information content (AvgIpc) is 2.89. The smallest absolute Gasteiger partial charge is 0.125 e. The lowest BCUT2D eigenvalue weighted by molar-refractivity contribution is -0.0948. The largest absolute Gasteiger partial charge is 0.381 e. The summed E-state index contributed by atoms with van der Waals surface area (Å²) in [5.41, 5.74) is -0.216. The van der Waals surface area contributed by atoms with Crippen LogP contribution >= 0.6 is 11.3 Å². The van der Waals surface area contributed by atoms with Gasteiger partial charge in [0.1, 0.15) is 10.6 Å². The number of methoxy groups -OCH3 is 1. The minimum Gasteiger partial charge on any atom is -0.381 e.